The number of hydrogen-bond donors (Lipinski definition) is 1. The first-order chi connectivity index (χ1) is 14.0. The highest BCUT2D eigenvalue weighted by Crippen LogP contribution is 2.29. The third-order valence-corrected chi connectivity index (χ3v) is 5.94. The summed E-state index contributed by atoms with van der Waals surface area (Å²) in [6.07, 6.45) is 4.41. The highest BCUT2D eigenvalue weighted by Gasteiger charge is 2.28. The molecule has 1 aliphatic rings. The highest BCUT2D eigenvalue weighted by molar-refractivity contribution is 6.31. The van der Waals surface area contributed by atoms with Gasteiger partial charge < -0.3 is 4.90 Å². The van der Waals surface area contributed by atoms with E-state index in [4.69, 9.17) is 16.6 Å². The van der Waals surface area contributed by atoms with Crippen LogP contribution in [0.3, 0.4) is 0 Å². The Morgan fingerprint density at radius 3 is 2.86 bits per heavy atom. The molecule has 1 atom stereocenters. The molecule has 2 aromatic heterocycles. The molecule has 1 saturated heterocycles. The smallest absolute Gasteiger partial charge is 0.257 e. The van der Waals surface area contributed by atoms with Crippen LogP contribution in [0.1, 0.15) is 57.3 Å². The third kappa shape index (κ3) is 4.35. The van der Waals surface area contributed by atoms with Gasteiger partial charge in [-0.25, -0.2) is 0 Å². The van der Waals surface area contributed by atoms with Crippen molar-refractivity contribution in [3.63, 3.8) is 0 Å². The van der Waals surface area contributed by atoms with E-state index >= 15 is 0 Å². The zero-order valence-corrected chi connectivity index (χ0v) is 17.5. The van der Waals surface area contributed by atoms with E-state index in [0.717, 1.165) is 53.5 Å². The van der Waals surface area contributed by atoms with Gasteiger partial charge in [-0.15, -0.1) is 0 Å². The topological polar surface area (TPSA) is 61.9 Å². The van der Waals surface area contributed by atoms with Crippen LogP contribution in [-0.2, 0) is 6.42 Å². The molecule has 0 radical (unpaired) electrons. The molecule has 0 spiro atoms. The highest BCUT2D eigenvalue weighted by atomic mass is 35.5. The Bertz CT molecular complexity index is 1030. The number of likely N-dealkylation sites (tertiary alicyclic amines) is 1. The van der Waals surface area contributed by atoms with Crippen LogP contribution in [0.5, 0.6) is 0 Å². The first-order valence-corrected chi connectivity index (χ1v) is 10.4. The number of H-pyrrole nitrogens is 1. The number of piperidine rings is 1. The predicted molar refractivity (Wildman–Crippen MR) is 114 cm³/mol. The number of rotatable bonds is 4. The van der Waals surface area contributed by atoms with E-state index in [2.05, 4.69) is 28.4 Å². The van der Waals surface area contributed by atoms with Crippen molar-refractivity contribution in [2.75, 3.05) is 13.1 Å². The number of nitrogens with zero attached hydrogens (tertiary/aromatic N) is 3. The molecule has 4 rings (SSSR count). The number of pyridine rings is 1. The van der Waals surface area contributed by atoms with E-state index in [-0.39, 0.29) is 11.8 Å². The molecule has 6 heteroatoms. The minimum Gasteiger partial charge on any atom is -0.338 e. The summed E-state index contributed by atoms with van der Waals surface area (Å²) >= 11 is 6.35. The number of halogens is 1. The normalized spacial score (nSPS) is 16.8. The summed E-state index contributed by atoms with van der Waals surface area (Å²) in [5.74, 6) is 0.287. The fourth-order valence-electron chi connectivity index (χ4n) is 4.08. The molecule has 0 saturated carbocycles. The number of aryl methyl sites for hydroxylation is 2. The van der Waals surface area contributed by atoms with Gasteiger partial charge >= 0.3 is 0 Å². The summed E-state index contributed by atoms with van der Waals surface area (Å²) in [7, 11) is 0. The Labute approximate surface area is 176 Å². The molecular formula is C23H25ClN4O. The fourth-order valence-corrected chi connectivity index (χ4v) is 4.28. The van der Waals surface area contributed by atoms with Crippen LogP contribution in [0.25, 0.3) is 0 Å². The summed E-state index contributed by atoms with van der Waals surface area (Å²) in [6, 6.07) is 12.2. The maximum Gasteiger partial charge on any atom is 0.257 e. The lowest BCUT2D eigenvalue weighted by Gasteiger charge is -2.32. The van der Waals surface area contributed by atoms with E-state index in [1.54, 1.807) is 6.20 Å². The van der Waals surface area contributed by atoms with E-state index in [1.807, 2.05) is 36.9 Å². The van der Waals surface area contributed by atoms with Crippen LogP contribution < -0.4 is 0 Å². The second kappa shape index (κ2) is 8.37. The second-order valence-corrected chi connectivity index (χ2v) is 8.22. The number of nitrogens with one attached hydrogen (secondary N) is 1. The van der Waals surface area contributed by atoms with Gasteiger partial charge in [0.05, 0.1) is 11.8 Å². The van der Waals surface area contributed by atoms with Gasteiger partial charge in [-0.05, 0) is 62.4 Å². The van der Waals surface area contributed by atoms with Crippen molar-refractivity contribution in [3.05, 3.63) is 81.4 Å². The van der Waals surface area contributed by atoms with Gasteiger partial charge in [-0.3, -0.25) is 14.9 Å². The zero-order chi connectivity index (χ0) is 20.4. The molecule has 3 heterocycles. The van der Waals surface area contributed by atoms with Crippen LogP contribution in [0, 0.1) is 13.8 Å². The Balaban J connectivity index is 1.54. The second-order valence-electron chi connectivity index (χ2n) is 7.81. The van der Waals surface area contributed by atoms with Crippen molar-refractivity contribution in [2.24, 2.45) is 0 Å². The minimum absolute atomic E-state index is 0.0462. The Hall–Kier alpha value is -2.66. The van der Waals surface area contributed by atoms with Crippen molar-refractivity contribution in [3.8, 4) is 0 Å². The minimum atomic E-state index is 0.0462. The molecule has 5 nitrogen and oxygen atoms in total. The fraction of sp³-hybridized carbons (Fsp3) is 0.348. The quantitative estimate of drug-likeness (QED) is 0.681. The van der Waals surface area contributed by atoms with Gasteiger partial charge in [0.25, 0.3) is 5.91 Å². The van der Waals surface area contributed by atoms with Gasteiger partial charge in [0, 0.05) is 41.1 Å². The SMILES string of the molecule is Cc1cc(Cc2ccccc2Cl)cc([C@H]2CCCN(C(=O)c3cn[nH]c3C)C2)n1. The maximum absolute atomic E-state index is 12.9. The van der Waals surface area contributed by atoms with Crippen LogP contribution in [0.4, 0.5) is 0 Å². The lowest BCUT2D eigenvalue weighted by molar-refractivity contribution is 0.0705. The number of aromatic nitrogens is 3. The summed E-state index contributed by atoms with van der Waals surface area (Å²) in [4.78, 5) is 19.6. The van der Waals surface area contributed by atoms with Crippen LogP contribution in [0.15, 0.2) is 42.6 Å². The first-order valence-electron chi connectivity index (χ1n) is 10.0. The average Bonchev–Trinajstić information content (AvgIpc) is 3.15. The number of hydrogen-bond acceptors (Lipinski definition) is 3. The molecule has 0 bridgehead atoms. The van der Waals surface area contributed by atoms with Gasteiger partial charge in [-0.1, -0.05) is 29.8 Å². The van der Waals surface area contributed by atoms with Gasteiger partial charge in [0.15, 0.2) is 0 Å². The van der Waals surface area contributed by atoms with Gasteiger partial charge in [-0.2, -0.15) is 5.10 Å². The zero-order valence-electron chi connectivity index (χ0n) is 16.8. The van der Waals surface area contributed by atoms with E-state index in [1.165, 1.54) is 5.56 Å². The Kier molecular flexibility index (Phi) is 5.67. The lowest BCUT2D eigenvalue weighted by Crippen LogP contribution is -2.39. The van der Waals surface area contributed by atoms with Crippen LogP contribution in [-0.4, -0.2) is 39.1 Å². The number of benzene rings is 1. The molecule has 1 N–H and O–H groups in total. The van der Waals surface area contributed by atoms with Crippen molar-refractivity contribution >= 4 is 17.5 Å². The Morgan fingerprint density at radius 2 is 2.10 bits per heavy atom. The van der Waals surface area contributed by atoms with E-state index in [9.17, 15) is 4.79 Å². The Morgan fingerprint density at radius 1 is 1.28 bits per heavy atom. The molecule has 0 unspecified atom stereocenters. The average molecular weight is 409 g/mol. The van der Waals surface area contributed by atoms with Crippen molar-refractivity contribution < 1.29 is 4.79 Å². The summed E-state index contributed by atoms with van der Waals surface area (Å²) in [5.41, 5.74) is 5.85. The lowest BCUT2D eigenvalue weighted by atomic mass is 9.92. The van der Waals surface area contributed by atoms with Crippen LogP contribution in [0.2, 0.25) is 5.02 Å². The van der Waals surface area contributed by atoms with Gasteiger partial charge in [0.1, 0.15) is 0 Å². The number of carbonyl (C=O) groups excluding carboxylic acids is 1. The van der Waals surface area contributed by atoms with Crippen molar-refractivity contribution in [1.82, 2.24) is 20.1 Å². The monoisotopic (exact) mass is 408 g/mol. The first kappa shape index (κ1) is 19.6. The van der Waals surface area contributed by atoms with Crippen LogP contribution >= 0.6 is 11.6 Å². The number of carbonyl (C=O) groups is 1. The predicted octanol–water partition coefficient (Wildman–Crippen LogP) is 4.69. The molecule has 3 aromatic rings. The largest absolute Gasteiger partial charge is 0.338 e. The maximum atomic E-state index is 12.9. The van der Waals surface area contributed by atoms with E-state index in [0.29, 0.717) is 12.1 Å². The van der Waals surface area contributed by atoms with Crippen molar-refractivity contribution in [1.29, 1.82) is 0 Å². The molecule has 150 valence electrons. The van der Waals surface area contributed by atoms with E-state index < -0.39 is 0 Å². The molecule has 0 aliphatic carbocycles. The summed E-state index contributed by atoms with van der Waals surface area (Å²) in [5, 5.41) is 7.63. The van der Waals surface area contributed by atoms with Crippen molar-refractivity contribution in [2.45, 2.75) is 39.0 Å². The molecule has 1 amide bonds. The molecule has 29 heavy (non-hydrogen) atoms. The molecule has 1 fully saturated rings. The molecule has 1 aromatic carbocycles. The molecule has 1 aliphatic heterocycles. The number of aromatic amines is 1. The summed E-state index contributed by atoms with van der Waals surface area (Å²) < 4.78 is 0. The standard InChI is InChI=1S/C23H25ClN4O/c1-15-10-17(11-18-6-3-4-8-21(18)24)12-22(26-15)19-7-5-9-28(14-19)23(29)20-13-25-27-16(20)2/h3-4,6,8,10,12-13,19H,5,7,9,11,14H2,1-2H3,(H,25,27)/t19-/m0/s1. The number of amides is 1. The van der Waals surface area contributed by atoms with Gasteiger partial charge in [0.2, 0.25) is 0 Å². The summed E-state index contributed by atoms with van der Waals surface area (Å²) in [6.45, 7) is 5.37. The molecular weight excluding hydrogens is 384 g/mol. The third-order valence-electron chi connectivity index (χ3n) is 5.57.